The van der Waals surface area contributed by atoms with Crippen LogP contribution in [0.15, 0.2) is 48.5 Å². The van der Waals surface area contributed by atoms with Crippen LogP contribution in [-0.4, -0.2) is 5.97 Å². The number of carbonyl (C=O) groups is 1. The topological polar surface area (TPSA) is 50.1 Å². The number of halogens is 1. The highest BCUT2D eigenvalue weighted by Gasteiger charge is 2.07. The standard InChI is InChI=1S/C18H14FNO2/c1-2-18(21)22-15-9-7-13(8-10-15)11-14(12-20)16-5-3-4-6-17(16)19/h3-11H,2H2,1H3/b14-11-. The highest BCUT2D eigenvalue weighted by atomic mass is 19.1. The first-order valence-corrected chi connectivity index (χ1v) is 6.81. The second-order valence-corrected chi connectivity index (χ2v) is 4.55. The summed E-state index contributed by atoms with van der Waals surface area (Å²) >= 11 is 0. The largest absolute Gasteiger partial charge is 0.427 e. The van der Waals surface area contributed by atoms with E-state index in [2.05, 4.69) is 0 Å². The van der Waals surface area contributed by atoms with E-state index in [1.54, 1.807) is 55.5 Å². The van der Waals surface area contributed by atoms with Crippen LogP contribution in [0.1, 0.15) is 24.5 Å². The molecular formula is C18H14FNO2. The van der Waals surface area contributed by atoms with E-state index in [9.17, 15) is 14.4 Å². The van der Waals surface area contributed by atoms with Gasteiger partial charge in [-0.15, -0.1) is 0 Å². The molecule has 0 aliphatic heterocycles. The Kier molecular flexibility index (Phi) is 5.05. The lowest BCUT2D eigenvalue weighted by molar-refractivity contribution is -0.134. The average Bonchev–Trinajstić information content (AvgIpc) is 2.55. The molecule has 0 aromatic heterocycles. The molecule has 2 rings (SSSR count). The molecule has 0 atom stereocenters. The SMILES string of the molecule is CCC(=O)Oc1ccc(/C=C(/C#N)c2ccccc2F)cc1. The smallest absolute Gasteiger partial charge is 0.310 e. The zero-order valence-electron chi connectivity index (χ0n) is 12.0. The van der Waals surface area contributed by atoms with Crippen molar-refractivity contribution in [3.05, 3.63) is 65.5 Å². The molecule has 4 heteroatoms. The van der Waals surface area contributed by atoms with Gasteiger partial charge in [0.25, 0.3) is 0 Å². The number of rotatable bonds is 4. The van der Waals surface area contributed by atoms with Gasteiger partial charge in [0.2, 0.25) is 0 Å². The van der Waals surface area contributed by atoms with Crippen LogP contribution < -0.4 is 4.74 Å². The van der Waals surface area contributed by atoms with Crippen LogP contribution in [0, 0.1) is 17.1 Å². The third-order valence-corrected chi connectivity index (χ3v) is 3.00. The van der Waals surface area contributed by atoms with E-state index in [1.807, 2.05) is 6.07 Å². The number of ether oxygens (including phenoxy) is 1. The van der Waals surface area contributed by atoms with Crippen LogP contribution in [0.5, 0.6) is 5.75 Å². The van der Waals surface area contributed by atoms with Crippen molar-refractivity contribution in [2.24, 2.45) is 0 Å². The molecule has 0 aliphatic carbocycles. The van der Waals surface area contributed by atoms with Gasteiger partial charge in [0.1, 0.15) is 11.6 Å². The Bertz CT molecular complexity index is 742. The Hall–Kier alpha value is -2.93. The molecule has 0 radical (unpaired) electrons. The molecule has 0 bridgehead atoms. The predicted molar refractivity (Wildman–Crippen MR) is 82.3 cm³/mol. The van der Waals surface area contributed by atoms with Gasteiger partial charge in [-0.05, 0) is 29.8 Å². The maximum atomic E-state index is 13.7. The Labute approximate surface area is 128 Å². The van der Waals surface area contributed by atoms with E-state index in [0.29, 0.717) is 12.2 Å². The summed E-state index contributed by atoms with van der Waals surface area (Å²) in [6.07, 6.45) is 1.89. The van der Waals surface area contributed by atoms with Gasteiger partial charge in [-0.3, -0.25) is 4.79 Å². The number of hydrogen-bond donors (Lipinski definition) is 0. The fourth-order valence-electron chi connectivity index (χ4n) is 1.85. The average molecular weight is 295 g/mol. The minimum Gasteiger partial charge on any atom is -0.427 e. The summed E-state index contributed by atoms with van der Waals surface area (Å²) in [6, 6.07) is 14.8. The van der Waals surface area contributed by atoms with Gasteiger partial charge in [-0.25, -0.2) is 4.39 Å². The van der Waals surface area contributed by atoms with Crippen LogP contribution in [0.3, 0.4) is 0 Å². The molecule has 0 heterocycles. The molecule has 0 saturated carbocycles. The Morgan fingerprint density at radius 2 is 1.91 bits per heavy atom. The van der Waals surface area contributed by atoms with E-state index < -0.39 is 5.82 Å². The first-order valence-electron chi connectivity index (χ1n) is 6.81. The van der Waals surface area contributed by atoms with Crippen molar-refractivity contribution in [2.45, 2.75) is 13.3 Å². The zero-order chi connectivity index (χ0) is 15.9. The van der Waals surface area contributed by atoms with Crippen molar-refractivity contribution >= 4 is 17.6 Å². The molecule has 3 nitrogen and oxygen atoms in total. The van der Waals surface area contributed by atoms with E-state index in [0.717, 1.165) is 5.56 Å². The van der Waals surface area contributed by atoms with Crippen molar-refractivity contribution in [3.8, 4) is 11.8 Å². The van der Waals surface area contributed by atoms with Gasteiger partial charge in [0.05, 0.1) is 11.6 Å². The summed E-state index contributed by atoms with van der Waals surface area (Å²) in [5.74, 6) is -0.315. The molecule has 2 aromatic rings. The van der Waals surface area contributed by atoms with E-state index in [1.165, 1.54) is 6.07 Å². The van der Waals surface area contributed by atoms with Gasteiger partial charge in [0.15, 0.2) is 0 Å². The first kappa shape index (κ1) is 15.5. The molecule has 0 fully saturated rings. The van der Waals surface area contributed by atoms with Gasteiger partial charge in [-0.2, -0.15) is 5.26 Å². The van der Waals surface area contributed by atoms with Crippen molar-refractivity contribution in [3.63, 3.8) is 0 Å². The molecule has 110 valence electrons. The monoisotopic (exact) mass is 295 g/mol. The maximum absolute atomic E-state index is 13.7. The summed E-state index contributed by atoms with van der Waals surface area (Å²) in [5.41, 5.74) is 1.21. The molecular weight excluding hydrogens is 281 g/mol. The summed E-state index contributed by atoms with van der Waals surface area (Å²) in [5, 5.41) is 9.22. The van der Waals surface area contributed by atoms with Crippen LogP contribution in [-0.2, 0) is 4.79 Å². The molecule has 0 saturated heterocycles. The highest BCUT2D eigenvalue weighted by molar-refractivity contribution is 5.89. The first-order chi connectivity index (χ1) is 10.6. The summed E-state index contributed by atoms with van der Waals surface area (Å²) < 4.78 is 18.8. The van der Waals surface area contributed by atoms with Gasteiger partial charge in [0, 0.05) is 12.0 Å². The second-order valence-electron chi connectivity index (χ2n) is 4.55. The van der Waals surface area contributed by atoms with Gasteiger partial charge in [-0.1, -0.05) is 37.3 Å². The fraction of sp³-hybridized carbons (Fsp3) is 0.111. The molecule has 0 spiro atoms. The number of nitriles is 1. The quantitative estimate of drug-likeness (QED) is 0.367. The number of esters is 1. The van der Waals surface area contributed by atoms with Gasteiger partial charge < -0.3 is 4.74 Å². The summed E-state index contributed by atoms with van der Waals surface area (Å²) in [6.45, 7) is 1.72. The van der Waals surface area contributed by atoms with E-state index in [-0.39, 0.29) is 17.1 Å². The van der Waals surface area contributed by atoms with Crippen LogP contribution in [0.25, 0.3) is 11.6 Å². The lowest BCUT2D eigenvalue weighted by atomic mass is 10.0. The minimum absolute atomic E-state index is 0.233. The molecule has 0 amide bonds. The molecule has 22 heavy (non-hydrogen) atoms. The number of nitrogens with zero attached hydrogens (tertiary/aromatic N) is 1. The van der Waals surface area contributed by atoms with Crippen molar-refractivity contribution < 1.29 is 13.9 Å². The third-order valence-electron chi connectivity index (χ3n) is 3.00. The predicted octanol–water partition coefficient (Wildman–Crippen LogP) is 4.21. The van der Waals surface area contributed by atoms with E-state index >= 15 is 0 Å². The number of allylic oxidation sites excluding steroid dienone is 1. The van der Waals surface area contributed by atoms with Crippen molar-refractivity contribution in [1.82, 2.24) is 0 Å². The van der Waals surface area contributed by atoms with Crippen molar-refractivity contribution in [2.75, 3.05) is 0 Å². The molecule has 2 aromatic carbocycles. The van der Waals surface area contributed by atoms with Crippen LogP contribution >= 0.6 is 0 Å². The normalized spacial score (nSPS) is 10.9. The Morgan fingerprint density at radius 1 is 1.23 bits per heavy atom. The summed E-state index contributed by atoms with van der Waals surface area (Å²) in [7, 11) is 0. The molecule has 0 unspecified atom stereocenters. The Morgan fingerprint density at radius 3 is 2.50 bits per heavy atom. The molecule has 0 aliphatic rings. The van der Waals surface area contributed by atoms with Crippen molar-refractivity contribution in [1.29, 1.82) is 5.26 Å². The Balaban J connectivity index is 2.26. The summed E-state index contributed by atoms with van der Waals surface area (Å²) in [4.78, 5) is 11.2. The lowest BCUT2D eigenvalue weighted by Crippen LogP contribution is -2.05. The third kappa shape index (κ3) is 3.80. The number of benzene rings is 2. The van der Waals surface area contributed by atoms with Crippen LogP contribution in [0.2, 0.25) is 0 Å². The zero-order valence-corrected chi connectivity index (χ0v) is 12.0. The molecule has 0 N–H and O–H groups in total. The maximum Gasteiger partial charge on any atom is 0.310 e. The van der Waals surface area contributed by atoms with Gasteiger partial charge >= 0.3 is 5.97 Å². The second kappa shape index (κ2) is 7.19. The number of hydrogen-bond acceptors (Lipinski definition) is 3. The van der Waals surface area contributed by atoms with Crippen LogP contribution in [0.4, 0.5) is 4.39 Å². The lowest BCUT2D eigenvalue weighted by Gasteiger charge is -2.04. The minimum atomic E-state index is -0.441. The van der Waals surface area contributed by atoms with E-state index in [4.69, 9.17) is 4.74 Å². The highest BCUT2D eigenvalue weighted by Crippen LogP contribution is 2.21. The number of carbonyl (C=O) groups excluding carboxylic acids is 1. The fourth-order valence-corrected chi connectivity index (χ4v) is 1.85.